The van der Waals surface area contributed by atoms with Gasteiger partial charge in [-0.1, -0.05) is 24.8 Å². The van der Waals surface area contributed by atoms with Crippen molar-refractivity contribution in [1.82, 2.24) is 0 Å². The van der Waals surface area contributed by atoms with Gasteiger partial charge in [0.1, 0.15) is 5.75 Å². The predicted octanol–water partition coefficient (Wildman–Crippen LogP) is 3.43. The molecule has 120 valence electrons. The Balaban J connectivity index is 2.56. The van der Waals surface area contributed by atoms with Crippen LogP contribution in [-0.4, -0.2) is 35.3 Å². The van der Waals surface area contributed by atoms with E-state index in [1.54, 1.807) is 7.11 Å². The maximum absolute atomic E-state index is 12.9. The third-order valence-corrected chi connectivity index (χ3v) is 5.61. The third kappa shape index (κ3) is 3.25. The van der Waals surface area contributed by atoms with Gasteiger partial charge in [-0.15, -0.1) is 0 Å². The minimum Gasteiger partial charge on any atom is -0.497 e. The van der Waals surface area contributed by atoms with Gasteiger partial charge in [0.05, 0.1) is 7.11 Å². The van der Waals surface area contributed by atoms with Gasteiger partial charge in [-0.3, -0.25) is 4.79 Å². The highest BCUT2D eigenvalue weighted by atomic mass is 28.4. The van der Waals surface area contributed by atoms with Crippen LogP contribution in [0.5, 0.6) is 5.75 Å². The molecule has 2 rings (SSSR count). The Bertz CT molecular complexity index is 631. The maximum atomic E-state index is 12.9. The standard InChI is InChI=1S/C15H24N2O3Si2/c1-19-11-8-9-13-12(10-11)14(16-20-22(5,6)7)15(18)17(13)21(2,3)4/h8-10H,1-7H3/b16-14-. The Morgan fingerprint density at radius 1 is 1.09 bits per heavy atom. The van der Waals surface area contributed by atoms with E-state index in [0.29, 0.717) is 11.5 Å². The van der Waals surface area contributed by atoms with E-state index < -0.39 is 16.6 Å². The summed E-state index contributed by atoms with van der Waals surface area (Å²) in [5.41, 5.74) is 2.09. The van der Waals surface area contributed by atoms with Gasteiger partial charge in [0.2, 0.25) is 0 Å². The number of anilines is 1. The molecule has 1 aliphatic rings. The number of carbonyl (C=O) groups excluding carboxylic acids is 1. The molecule has 1 aromatic carbocycles. The van der Waals surface area contributed by atoms with Crippen molar-refractivity contribution in [3.05, 3.63) is 23.8 Å². The number of oxime groups is 1. The van der Waals surface area contributed by atoms with Crippen molar-refractivity contribution < 1.29 is 14.1 Å². The van der Waals surface area contributed by atoms with E-state index in [1.807, 2.05) is 42.4 Å². The van der Waals surface area contributed by atoms with Crippen molar-refractivity contribution in [2.45, 2.75) is 39.3 Å². The molecule has 0 radical (unpaired) electrons. The van der Waals surface area contributed by atoms with E-state index >= 15 is 0 Å². The summed E-state index contributed by atoms with van der Waals surface area (Å²) in [4.78, 5) is 12.9. The quantitative estimate of drug-likeness (QED) is 0.625. The number of amides is 1. The molecular formula is C15H24N2O3Si2. The summed E-state index contributed by atoms with van der Waals surface area (Å²) in [6, 6.07) is 5.67. The molecule has 0 N–H and O–H groups in total. The van der Waals surface area contributed by atoms with Crippen molar-refractivity contribution in [1.29, 1.82) is 0 Å². The topological polar surface area (TPSA) is 51.1 Å². The zero-order valence-corrected chi connectivity index (χ0v) is 16.4. The third-order valence-electron chi connectivity index (χ3n) is 3.19. The highest BCUT2D eigenvalue weighted by Crippen LogP contribution is 2.36. The fourth-order valence-electron chi connectivity index (χ4n) is 2.29. The molecule has 1 aromatic rings. The number of nitrogens with zero attached hydrogens (tertiary/aromatic N) is 2. The second-order valence-electron chi connectivity index (χ2n) is 7.34. The first-order chi connectivity index (χ1) is 10.0. The lowest BCUT2D eigenvalue weighted by Gasteiger charge is -2.30. The van der Waals surface area contributed by atoms with E-state index in [-0.39, 0.29) is 5.91 Å². The van der Waals surface area contributed by atoms with Gasteiger partial charge in [-0.05, 0) is 37.8 Å². The van der Waals surface area contributed by atoms with Crippen LogP contribution < -0.4 is 9.30 Å². The van der Waals surface area contributed by atoms with Crippen LogP contribution in [0, 0.1) is 0 Å². The van der Waals surface area contributed by atoms with Crippen molar-refractivity contribution in [3.63, 3.8) is 0 Å². The molecule has 0 aliphatic carbocycles. The van der Waals surface area contributed by atoms with Gasteiger partial charge < -0.3 is 13.8 Å². The van der Waals surface area contributed by atoms with Crippen LogP contribution in [0.25, 0.3) is 0 Å². The second-order valence-corrected chi connectivity index (χ2v) is 16.5. The van der Waals surface area contributed by atoms with Crippen molar-refractivity contribution in [3.8, 4) is 5.75 Å². The number of benzene rings is 1. The van der Waals surface area contributed by atoms with E-state index in [1.165, 1.54) is 0 Å². The summed E-state index contributed by atoms with van der Waals surface area (Å²) in [5.74, 6) is 0.644. The largest absolute Gasteiger partial charge is 0.497 e. The Hall–Kier alpha value is -1.61. The number of fused-ring (bicyclic) bond motifs is 1. The van der Waals surface area contributed by atoms with Crippen LogP contribution in [0.3, 0.4) is 0 Å². The molecule has 0 saturated carbocycles. The highest BCUT2D eigenvalue weighted by Gasteiger charge is 2.42. The Morgan fingerprint density at radius 2 is 1.73 bits per heavy atom. The van der Waals surface area contributed by atoms with E-state index in [0.717, 1.165) is 11.3 Å². The molecule has 7 heteroatoms. The van der Waals surface area contributed by atoms with E-state index in [2.05, 4.69) is 24.8 Å². The summed E-state index contributed by atoms with van der Waals surface area (Å²) < 4.78 is 12.8. The van der Waals surface area contributed by atoms with E-state index in [9.17, 15) is 4.79 Å². The fourth-order valence-corrected chi connectivity index (χ4v) is 4.29. The molecule has 5 nitrogen and oxygen atoms in total. The first-order valence-corrected chi connectivity index (χ1v) is 14.2. The summed E-state index contributed by atoms with van der Waals surface area (Å²) >= 11 is 0. The molecule has 1 amide bonds. The molecule has 0 atom stereocenters. The lowest BCUT2D eigenvalue weighted by atomic mass is 10.1. The first kappa shape index (κ1) is 16.8. The molecule has 0 saturated heterocycles. The molecule has 0 bridgehead atoms. The number of methoxy groups -OCH3 is 1. The average Bonchev–Trinajstić information content (AvgIpc) is 2.65. The monoisotopic (exact) mass is 336 g/mol. The number of hydrogen-bond donors (Lipinski definition) is 0. The normalized spacial score (nSPS) is 17.0. The van der Waals surface area contributed by atoms with Gasteiger partial charge in [-0.2, -0.15) is 0 Å². The van der Waals surface area contributed by atoms with Crippen LogP contribution in [0.15, 0.2) is 23.4 Å². The van der Waals surface area contributed by atoms with Gasteiger partial charge in [0.25, 0.3) is 14.2 Å². The smallest absolute Gasteiger partial charge is 0.278 e. The molecule has 0 unspecified atom stereocenters. The number of carbonyl (C=O) groups is 1. The minimum atomic E-state index is -1.86. The second kappa shape index (κ2) is 5.55. The van der Waals surface area contributed by atoms with Gasteiger partial charge in [0, 0.05) is 11.3 Å². The summed E-state index contributed by atoms with van der Waals surface area (Å²) in [6.45, 7) is 12.5. The Kier molecular flexibility index (Phi) is 4.23. The molecule has 22 heavy (non-hydrogen) atoms. The van der Waals surface area contributed by atoms with Crippen LogP contribution in [0.1, 0.15) is 5.56 Å². The summed E-state index contributed by atoms with van der Waals surface area (Å²) in [6.07, 6.45) is 0. The molecule has 0 spiro atoms. The van der Waals surface area contributed by atoms with Gasteiger partial charge in [0.15, 0.2) is 13.9 Å². The van der Waals surface area contributed by atoms with Crippen LogP contribution in [0.4, 0.5) is 5.69 Å². The Labute approximate surface area is 134 Å². The van der Waals surface area contributed by atoms with Gasteiger partial charge in [-0.25, -0.2) is 0 Å². The first-order valence-electron chi connectivity index (χ1n) is 7.34. The number of rotatable bonds is 4. The molecule has 1 aliphatic heterocycles. The SMILES string of the molecule is COc1ccc2c(c1)/C(=N/O[Si](C)(C)C)C(=O)N2[Si](C)(C)C. The molecule has 1 heterocycles. The molecule has 0 fully saturated rings. The highest BCUT2D eigenvalue weighted by molar-refractivity contribution is 6.87. The van der Waals surface area contributed by atoms with E-state index in [4.69, 9.17) is 9.26 Å². The van der Waals surface area contributed by atoms with Crippen molar-refractivity contribution >= 4 is 33.9 Å². The fraction of sp³-hybridized carbons (Fsp3) is 0.467. The van der Waals surface area contributed by atoms with Crippen molar-refractivity contribution in [2.75, 3.05) is 11.7 Å². The lowest BCUT2D eigenvalue weighted by Crippen LogP contribution is -2.49. The van der Waals surface area contributed by atoms with Gasteiger partial charge >= 0.3 is 0 Å². The number of ether oxygens (including phenoxy) is 1. The summed E-state index contributed by atoms with van der Waals surface area (Å²) in [7, 11) is -2.09. The lowest BCUT2D eigenvalue weighted by molar-refractivity contribution is -0.111. The zero-order valence-electron chi connectivity index (χ0n) is 14.4. The summed E-state index contributed by atoms with van der Waals surface area (Å²) in [5, 5.41) is 4.21. The van der Waals surface area contributed by atoms with Crippen molar-refractivity contribution in [2.24, 2.45) is 5.16 Å². The van der Waals surface area contributed by atoms with Crippen LogP contribution >= 0.6 is 0 Å². The predicted molar refractivity (Wildman–Crippen MR) is 94.8 cm³/mol. The zero-order chi connectivity index (χ0) is 16.7. The Morgan fingerprint density at radius 3 is 2.23 bits per heavy atom. The van der Waals surface area contributed by atoms with Crippen LogP contribution in [-0.2, 0) is 9.32 Å². The average molecular weight is 337 g/mol. The number of hydrogen-bond acceptors (Lipinski definition) is 4. The molecular weight excluding hydrogens is 312 g/mol. The maximum Gasteiger partial charge on any atom is 0.278 e. The minimum absolute atomic E-state index is 0.0688. The van der Waals surface area contributed by atoms with Crippen LogP contribution in [0.2, 0.25) is 39.3 Å². The molecule has 0 aromatic heterocycles.